The lowest BCUT2D eigenvalue weighted by molar-refractivity contribution is -0.141. The summed E-state index contributed by atoms with van der Waals surface area (Å²) in [6.07, 6.45) is 3.39. The molecule has 1 heterocycles. The summed E-state index contributed by atoms with van der Waals surface area (Å²) in [7, 11) is 0. The molecule has 1 aromatic carbocycles. The van der Waals surface area contributed by atoms with E-state index in [1.807, 2.05) is 24.3 Å². The maximum absolute atomic E-state index is 13.0. The standard InChI is InChI=1S/C23H34N6O6S/c24-8-4-3-6-15(25)20(31)28-18(11-30)22(33)27-17(21(32)29-19(12-36)23(34)35)9-13-10-26-16-7-2-1-5-14(13)16/h1-2,5,7,10,15,17-19,26,30,36H,3-4,6,8-9,11-12,24-25H2,(H,27,33)(H,28,31)(H,29,32)(H,34,35). The summed E-state index contributed by atoms with van der Waals surface area (Å²) in [6, 6.07) is 2.62. The predicted molar refractivity (Wildman–Crippen MR) is 137 cm³/mol. The Morgan fingerprint density at radius 2 is 1.61 bits per heavy atom. The molecule has 0 aliphatic heterocycles. The first-order valence-corrected chi connectivity index (χ1v) is 12.2. The highest BCUT2D eigenvalue weighted by Crippen LogP contribution is 2.19. The lowest BCUT2D eigenvalue weighted by atomic mass is 10.0. The number of aliphatic carboxylic acids is 1. The number of para-hydroxylation sites is 1. The Morgan fingerprint density at radius 3 is 2.25 bits per heavy atom. The summed E-state index contributed by atoms with van der Waals surface area (Å²) >= 11 is 3.95. The molecule has 36 heavy (non-hydrogen) atoms. The summed E-state index contributed by atoms with van der Waals surface area (Å²) < 4.78 is 0. The maximum Gasteiger partial charge on any atom is 0.327 e. The van der Waals surface area contributed by atoms with Crippen molar-refractivity contribution in [3.8, 4) is 0 Å². The monoisotopic (exact) mass is 522 g/mol. The number of nitrogens with two attached hydrogens (primary N) is 2. The Balaban J connectivity index is 2.18. The van der Waals surface area contributed by atoms with Crippen molar-refractivity contribution in [1.82, 2.24) is 20.9 Å². The second-order valence-corrected chi connectivity index (χ2v) is 8.71. The lowest BCUT2D eigenvalue weighted by Crippen LogP contribution is -2.58. The number of hydrogen-bond acceptors (Lipinski definition) is 8. The number of H-pyrrole nitrogens is 1. The van der Waals surface area contributed by atoms with Gasteiger partial charge in [-0.3, -0.25) is 14.4 Å². The molecule has 4 atom stereocenters. The molecule has 3 amide bonds. The molecule has 0 saturated heterocycles. The number of aliphatic hydroxyl groups is 1. The summed E-state index contributed by atoms with van der Waals surface area (Å²) in [5.41, 5.74) is 12.8. The van der Waals surface area contributed by atoms with Gasteiger partial charge in [0.15, 0.2) is 0 Å². The van der Waals surface area contributed by atoms with E-state index in [0.29, 0.717) is 31.4 Å². The van der Waals surface area contributed by atoms with Gasteiger partial charge in [0.25, 0.3) is 0 Å². The molecule has 4 unspecified atom stereocenters. The molecule has 0 fully saturated rings. The predicted octanol–water partition coefficient (Wildman–Crippen LogP) is -1.37. The van der Waals surface area contributed by atoms with Crippen LogP contribution in [0.1, 0.15) is 24.8 Å². The number of rotatable bonds is 15. The molecule has 0 spiro atoms. The van der Waals surface area contributed by atoms with E-state index in [1.165, 1.54) is 0 Å². The number of aromatic amines is 1. The highest BCUT2D eigenvalue weighted by atomic mass is 32.1. The quantitative estimate of drug-likeness (QED) is 0.100. The third-order valence-corrected chi connectivity index (χ3v) is 6.02. The first-order chi connectivity index (χ1) is 17.2. The smallest absolute Gasteiger partial charge is 0.327 e. The van der Waals surface area contributed by atoms with Crippen LogP contribution in [0.3, 0.4) is 0 Å². The van der Waals surface area contributed by atoms with Gasteiger partial charge in [-0.1, -0.05) is 24.6 Å². The van der Waals surface area contributed by atoms with E-state index < -0.39 is 54.5 Å². The van der Waals surface area contributed by atoms with Crippen LogP contribution in [0.5, 0.6) is 0 Å². The number of amides is 3. The summed E-state index contributed by atoms with van der Waals surface area (Å²) in [5, 5.41) is 27.1. The van der Waals surface area contributed by atoms with Gasteiger partial charge in [-0.15, -0.1) is 0 Å². The van der Waals surface area contributed by atoms with Crippen LogP contribution in [0.25, 0.3) is 10.9 Å². The van der Waals surface area contributed by atoms with Crippen molar-refractivity contribution in [2.75, 3.05) is 18.9 Å². The van der Waals surface area contributed by atoms with Gasteiger partial charge in [0.05, 0.1) is 12.6 Å². The molecule has 0 aliphatic carbocycles. The van der Waals surface area contributed by atoms with Crippen LogP contribution in [-0.2, 0) is 25.6 Å². The molecule has 1 aromatic heterocycles. The zero-order valence-electron chi connectivity index (χ0n) is 19.8. The fraction of sp³-hybridized carbons (Fsp3) is 0.478. The van der Waals surface area contributed by atoms with Crippen LogP contribution in [0.2, 0.25) is 0 Å². The number of unbranched alkanes of at least 4 members (excludes halogenated alkanes) is 1. The van der Waals surface area contributed by atoms with E-state index in [-0.39, 0.29) is 12.2 Å². The van der Waals surface area contributed by atoms with Crippen LogP contribution in [0, 0.1) is 0 Å². The third kappa shape index (κ3) is 8.22. The van der Waals surface area contributed by atoms with Gasteiger partial charge in [0, 0.05) is 29.3 Å². The van der Waals surface area contributed by atoms with Gasteiger partial charge in [-0.25, -0.2) is 4.79 Å². The Bertz CT molecular complexity index is 1050. The van der Waals surface area contributed by atoms with Crippen molar-refractivity contribution in [2.24, 2.45) is 11.5 Å². The van der Waals surface area contributed by atoms with E-state index in [0.717, 1.165) is 10.9 Å². The van der Waals surface area contributed by atoms with Gasteiger partial charge >= 0.3 is 5.97 Å². The Kier molecular flexibility index (Phi) is 11.7. The van der Waals surface area contributed by atoms with Gasteiger partial charge in [0.2, 0.25) is 17.7 Å². The molecule has 0 radical (unpaired) electrons. The van der Waals surface area contributed by atoms with E-state index >= 15 is 0 Å². The highest BCUT2D eigenvalue weighted by Gasteiger charge is 2.30. The maximum atomic E-state index is 13.0. The fourth-order valence-corrected chi connectivity index (χ4v) is 3.82. The van der Waals surface area contributed by atoms with Crippen LogP contribution < -0.4 is 27.4 Å². The number of carbonyl (C=O) groups excluding carboxylic acids is 3. The van der Waals surface area contributed by atoms with Crippen molar-refractivity contribution in [1.29, 1.82) is 0 Å². The number of fused-ring (bicyclic) bond motifs is 1. The first kappa shape index (κ1) is 29.1. The Morgan fingerprint density at radius 1 is 0.972 bits per heavy atom. The molecule has 0 aliphatic rings. The zero-order chi connectivity index (χ0) is 26.7. The number of hydrogen-bond donors (Lipinski definition) is 9. The van der Waals surface area contributed by atoms with Crippen LogP contribution in [0.15, 0.2) is 30.5 Å². The highest BCUT2D eigenvalue weighted by molar-refractivity contribution is 7.80. The number of thiol groups is 1. The van der Waals surface area contributed by atoms with Crippen molar-refractivity contribution in [3.05, 3.63) is 36.0 Å². The minimum Gasteiger partial charge on any atom is -0.480 e. The van der Waals surface area contributed by atoms with Gasteiger partial charge < -0.3 is 42.6 Å². The third-order valence-electron chi connectivity index (χ3n) is 5.65. The largest absolute Gasteiger partial charge is 0.480 e. The van der Waals surface area contributed by atoms with E-state index in [2.05, 4.69) is 33.6 Å². The van der Waals surface area contributed by atoms with Crippen molar-refractivity contribution in [3.63, 3.8) is 0 Å². The second kappa shape index (κ2) is 14.4. The molecule has 13 heteroatoms. The van der Waals surface area contributed by atoms with Crippen molar-refractivity contribution < 1.29 is 29.4 Å². The second-order valence-electron chi connectivity index (χ2n) is 8.34. The fourth-order valence-electron chi connectivity index (χ4n) is 3.57. The van der Waals surface area contributed by atoms with Crippen LogP contribution >= 0.6 is 12.6 Å². The molecular formula is C23H34N6O6S. The van der Waals surface area contributed by atoms with Crippen molar-refractivity contribution >= 4 is 47.2 Å². The summed E-state index contributed by atoms with van der Waals surface area (Å²) in [5.74, 6) is -3.64. The van der Waals surface area contributed by atoms with Crippen LogP contribution in [0.4, 0.5) is 0 Å². The number of carbonyl (C=O) groups is 4. The molecule has 2 aromatic rings. The summed E-state index contributed by atoms with van der Waals surface area (Å²) in [4.78, 5) is 52.8. The molecule has 198 valence electrons. The molecular weight excluding hydrogens is 488 g/mol. The molecule has 10 N–H and O–H groups in total. The minimum absolute atomic E-state index is 0.0190. The number of nitrogens with one attached hydrogen (secondary N) is 4. The Labute approximate surface area is 214 Å². The SMILES string of the molecule is NCCCCC(N)C(=O)NC(CO)C(=O)NC(Cc1c[nH]c2ccccc12)C(=O)NC(CS)C(=O)O. The van der Waals surface area contributed by atoms with Gasteiger partial charge in [0.1, 0.15) is 18.1 Å². The normalized spacial score (nSPS) is 14.4. The number of carboxylic acid groups (broad SMARTS) is 1. The van der Waals surface area contributed by atoms with E-state index in [1.54, 1.807) is 6.20 Å². The minimum atomic E-state index is -1.36. The number of aromatic nitrogens is 1. The summed E-state index contributed by atoms with van der Waals surface area (Å²) in [6.45, 7) is -0.269. The topological polar surface area (TPSA) is 213 Å². The first-order valence-electron chi connectivity index (χ1n) is 11.6. The van der Waals surface area contributed by atoms with Gasteiger partial charge in [-0.2, -0.15) is 12.6 Å². The number of benzene rings is 1. The molecule has 0 saturated carbocycles. The van der Waals surface area contributed by atoms with Crippen LogP contribution in [-0.4, -0.2) is 82.0 Å². The number of aliphatic hydroxyl groups excluding tert-OH is 1. The molecule has 2 rings (SSSR count). The van der Waals surface area contributed by atoms with E-state index in [4.69, 9.17) is 11.5 Å². The van der Waals surface area contributed by atoms with E-state index in [9.17, 15) is 29.4 Å². The van der Waals surface area contributed by atoms with Crippen molar-refractivity contribution in [2.45, 2.75) is 49.9 Å². The molecule has 12 nitrogen and oxygen atoms in total. The average Bonchev–Trinajstić information content (AvgIpc) is 3.27. The van der Waals surface area contributed by atoms with Gasteiger partial charge in [-0.05, 0) is 31.0 Å². The average molecular weight is 523 g/mol. The molecule has 0 bridgehead atoms. The number of carboxylic acids is 1. The Hall–Kier alpha value is -3.13. The lowest BCUT2D eigenvalue weighted by Gasteiger charge is -2.24. The zero-order valence-corrected chi connectivity index (χ0v) is 20.7.